The molecule has 0 radical (unpaired) electrons. The second kappa shape index (κ2) is 5.90. The number of thiazole rings is 1. The van der Waals surface area contributed by atoms with Crippen molar-refractivity contribution in [2.75, 3.05) is 12.4 Å². The topological polar surface area (TPSA) is 79.9 Å². The highest BCUT2D eigenvalue weighted by atomic mass is 32.1. The zero-order valence-corrected chi connectivity index (χ0v) is 15.4. The second-order valence-electron chi connectivity index (χ2n) is 5.86. The van der Waals surface area contributed by atoms with Crippen LogP contribution in [0.3, 0.4) is 0 Å². The average molecular weight is 344 g/mol. The number of H-pyrrole nitrogens is 1. The molecule has 2 heterocycles. The number of ether oxygens (including phenoxy) is 1. The van der Waals surface area contributed by atoms with Gasteiger partial charge in [-0.25, -0.2) is 14.8 Å². The van der Waals surface area contributed by atoms with Gasteiger partial charge < -0.3 is 9.72 Å². The van der Waals surface area contributed by atoms with Crippen LogP contribution in [0, 0.1) is 34.6 Å². The van der Waals surface area contributed by atoms with Crippen molar-refractivity contribution in [3.05, 3.63) is 28.2 Å². The molecular formula is C17H20N4O2S. The number of imidazole rings is 1. The molecule has 3 aromatic rings. The lowest BCUT2D eigenvalue weighted by molar-refractivity contribution is 0.187. The molecule has 0 bridgehead atoms. The number of hydrogen-bond donors (Lipinski definition) is 2. The van der Waals surface area contributed by atoms with Gasteiger partial charge in [-0.15, -0.1) is 0 Å². The molecule has 24 heavy (non-hydrogen) atoms. The summed E-state index contributed by atoms with van der Waals surface area (Å²) in [4.78, 5) is 24.0. The number of aromatic nitrogens is 3. The van der Waals surface area contributed by atoms with Crippen LogP contribution in [-0.4, -0.2) is 28.2 Å². The molecule has 0 saturated carbocycles. The summed E-state index contributed by atoms with van der Waals surface area (Å²) >= 11 is 1.44. The molecule has 0 saturated heterocycles. The molecule has 0 unspecified atom stereocenters. The van der Waals surface area contributed by atoms with Crippen LogP contribution in [0.15, 0.2) is 0 Å². The highest BCUT2D eigenvalue weighted by molar-refractivity contribution is 7.23. The van der Waals surface area contributed by atoms with Crippen molar-refractivity contribution < 1.29 is 9.53 Å². The Kier molecular flexibility index (Phi) is 4.04. The fourth-order valence-electron chi connectivity index (χ4n) is 2.89. The number of nitrogens with one attached hydrogen (secondary N) is 2. The number of hydrogen-bond acceptors (Lipinski definition) is 5. The number of benzene rings is 1. The van der Waals surface area contributed by atoms with E-state index in [1.165, 1.54) is 29.6 Å². The molecule has 1 amide bonds. The number of anilines is 1. The van der Waals surface area contributed by atoms with Crippen molar-refractivity contribution in [3.63, 3.8) is 0 Å². The van der Waals surface area contributed by atoms with Gasteiger partial charge >= 0.3 is 6.09 Å². The molecule has 0 aliphatic rings. The number of aromatic amines is 1. The van der Waals surface area contributed by atoms with E-state index < -0.39 is 6.09 Å². The van der Waals surface area contributed by atoms with Crippen LogP contribution in [0.5, 0.6) is 0 Å². The molecule has 0 atom stereocenters. The maximum atomic E-state index is 11.5. The summed E-state index contributed by atoms with van der Waals surface area (Å²) < 4.78 is 5.69. The van der Waals surface area contributed by atoms with Crippen LogP contribution >= 0.6 is 11.3 Å². The molecule has 3 rings (SSSR count). The predicted molar refractivity (Wildman–Crippen MR) is 96.9 cm³/mol. The first-order valence-electron chi connectivity index (χ1n) is 7.62. The molecule has 2 aromatic heterocycles. The van der Waals surface area contributed by atoms with Crippen molar-refractivity contribution >= 4 is 32.8 Å². The van der Waals surface area contributed by atoms with E-state index in [4.69, 9.17) is 0 Å². The van der Waals surface area contributed by atoms with Gasteiger partial charge in [-0.3, -0.25) is 5.32 Å². The van der Waals surface area contributed by atoms with Crippen LogP contribution in [0.2, 0.25) is 0 Å². The van der Waals surface area contributed by atoms with E-state index in [1.54, 1.807) is 0 Å². The summed E-state index contributed by atoms with van der Waals surface area (Å²) in [6.45, 7) is 10.2. The van der Waals surface area contributed by atoms with E-state index in [0.29, 0.717) is 5.13 Å². The summed E-state index contributed by atoms with van der Waals surface area (Å²) in [7, 11) is 1.34. The van der Waals surface area contributed by atoms with Gasteiger partial charge in [-0.1, -0.05) is 11.3 Å². The van der Waals surface area contributed by atoms with E-state index in [0.717, 1.165) is 38.6 Å². The fraction of sp³-hybridized carbons (Fsp3) is 0.353. The molecule has 6 nitrogen and oxygen atoms in total. The maximum Gasteiger partial charge on any atom is 0.413 e. The standard InChI is InChI=1S/C17H20N4O2S/c1-7-8(2)12(14-10(4)18-11(5)19-14)15-13(9(7)3)20-16(24-15)21-17(22)23-6/h1-6H3,(H,18,19)(H,20,21,22). The van der Waals surface area contributed by atoms with Gasteiger partial charge in [-0.05, 0) is 51.3 Å². The van der Waals surface area contributed by atoms with Gasteiger partial charge in [0.25, 0.3) is 0 Å². The first-order chi connectivity index (χ1) is 11.3. The minimum Gasteiger partial charge on any atom is -0.453 e. The Hall–Kier alpha value is -2.41. The lowest BCUT2D eigenvalue weighted by Crippen LogP contribution is -2.10. The lowest BCUT2D eigenvalue weighted by Gasteiger charge is -2.12. The summed E-state index contributed by atoms with van der Waals surface area (Å²) in [5.41, 5.74) is 7.41. The van der Waals surface area contributed by atoms with E-state index >= 15 is 0 Å². The van der Waals surface area contributed by atoms with Crippen molar-refractivity contribution in [1.82, 2.24) is 15.0 Å². The zero-order valence-electron chi connectivity index (χ0n) is 14.6. The van der Waals surface area contributed by atoms with Crippen LogP contribution in [0.1, 0.15) is 28.2 Å². The van der Waals surface area contributed by atoms with Gasteiger partial charge in [0, 0.05) is 11.3 Å². The highest BCUT2D eigenvalue weighted by Gasteiger charge is 2.21. The smallest absolute Gasteiger partial charge is 0.413 e. The third-order valence-electron chi connectivity index (χ3n) is 4.34. The Bertz CT molecular complexity index is 956. The normalized spacial score (nSPS) is 11.1. The quantitative estimate of drug-likeness (QED) is 0.722. The second-order valence-corrected chi connectivity index (χ2v) is 6.86. The minimum atomic E-state index is -0.520. The molecule has 0 spiro atoms. The van der Waals surface area contributed by atoms with E-state index in [9.17, 15) is 4.79 Å². The van der Waals surface area contributed by atoms with Gasteiger partial charge in [0.15, 0.2) is 5.13 Å². The first-order valence-corrected chi connectivity index (χ1v) is 8.44. The Labute approximate surface area is 144 Å². The molecule has 126 valence electrons. The molecule has 7 heteroatoms. The van der Waals surface area contributed by atoms with Crippen molar-refractivity contribution in [2.24, 2.45) is 0 Å². The number of carbonyl (C=O) groups is 1. The Morgan fingerprint density at radius 1 is 1.08 bits per heavy atom. The fourth-order valence-corrected chi connectivity index (χ4v) is 4.00. The summed E-state index contributed by atoms with van der Waals surface area (Å²) in [6, 6.07) is 0. The number of methoxy groups -OCH3 is 1. The van der Waals surface area contributed by atoms with Crippen molar-refractivity contribution in [2.45, 2.75) is 34.6 Å². The average Bonchev–Trinajstić information content (AvgIpc) is 3.09. The van der Waals surface area contributed by atoms with Crippen LogP contribution in [0.25, 0.3) is 21.5 Å². The van der Waals surface area contributed by atoms with Crippen molar-refractivity contribution in [1.29, 1.82) is 0 Å². The summed E-state index contributed by atoms with van der Waals surface area (Å²) in [6.07, 6.45) is -0.520. The number of nitrogens with zero attached hydrogens (tertiary/aromatic N) is 2. The van der Waals surface area contributed by atoms with Crippen LogP contribution < -0.4 is 5.32 Å². The maximum absolute atomic E-state index is 11.5. The zero-order chi connectivity index (χ0) is 17.6. The van der Waals surface area contributed by atoms with Gasteiger partial charge in [-0.2, -0.15) is 0 Å². The lowest BCUT2D eigenvalue weighted by atomic mass is 9.95. The Balaban J connectivity index is 2.31. The van der Waals surface area contributed by atoms with E-state index in [-0.39, 0.29) is 0 Å². The number of amides is 1. The predicted octanol–water partition coefficient (Wildman–Crippen LogP) is 4.41. The number of fused-ring (bicyclic) bond motifs is 1. The molecule has 0 fully saturated rings. The minimum absolute atomic E-state index is 0.520. The SMILES string of the molecule is COC(=O)Nc1nc2c(C)c(C)c(C)c(-c3nc(C)[nH]c3C)c2s1. The number of rotatable bonds is 2. The van der Waals surface area contributed by atoms with Gasteiger partial charge in [0.1, 0.15) is 5.82 Å². The molecular weight excluding hydrogens is 324 g/mol. The number of aryl methyl sites for hydroxylation is 3. The van der Waals surface area contributed by atoms with E-state index in [1.807, 2.05) is 13.8 Å². The largest absolute Gasteiger partial charge is 0.453 e. The summed E-state index contributed by atoms with van der Waals surface area (Å²) in [5, 5.41) is 3.19. The Morgan fingerprint density at radius 2 is 1.79 bits per heavy atom. The first kappa shape index (κ1) is 16.4. The van der Waals surface area contributed by atoms with E-state index in [2.05, 4.69) is 45.8 Å². The monoisotopic (exact) mass is 344 g/mol. The molecule has 0 aliphatic heterocycles. The van der Waals surface area contributed by atoms with Crippen molar-refractivity contribution in [3.8, 4) is 11.3 Å². The highest BCUT2D eigenvalue weighted by Crippen LogP contribution is 2.41. The third-order valence-corrected chi connectivity index (χ3v) is 5.33. The van der Waals surface area contributed by atoms with Gasteiger partial charge in [0.05, 0.1) is 23.0 Å². The molecule has 1 aromatic carbocycles. The van der Waals surface area contributed by atoms with Gasteiger partial charge in [0.2, 0.25) is 0 Å². The van der Waals surface area contributed by atoms with Crippen LogP contribution in [-0.2, 0) is 4.74 Å². The molecule has 2 N–H and O–H groups in total. The van der Waals surface area contributed by atoms with Crippen LogP contribution in [0.4, 0.5) is 9.93 Å². The Morgan fingerprint density at radius 3 is 2.38 bits per heavy atom. The number of carbonyl (C=O) groups excluding carboxylic acids is 1. The third kappa shape index (κ3) is 2.54. The molecule has 0 aliphatic carbocycles. The summed E-state index contributed by atoms with van der Waals surface area (Å²) in [5.74, 6) is 0.880.